The highest BCUT2D eigenvalue weighted by Gasteiger charge is 2.39. The number of carbonyl (C=O) groups is 2. The standard InChI is InChI=1S/C10H17NO3S/c1-10(2,4-9(13)14)11-5-7(6-15)3-8(11)12/h7,15H,3-6H2,1-2H3,(H,13,14). The van der Waals surface area contributed by atoms with Gasteiger partial charge in [0.2, 0.25) is 5.91 Å². The molecule has 4 nitrogen and oxygen atoms in total. The van der Waals surface area contributed by atoms with Gasteiger partial charge in [0, 0.05) is 18.5 Å². The van der Waals surface area contributed by atoms with E-state index in [1.54, 1.807) is 18.7 Å². The second-order valence-electron chi connectivity index (χ2n) is 4.64. The number of hydrogen-bond acceptors (Lipinski definition) is 3. The minimum atomic E-state index is -0.873. The fraction of sp³-hybridized carbons (Fsp3) is 0.800. The predicted octanol–water partition coefficient (Wildman–Crippen LogP) is 1.02. The van der Waals surface area contributed by atoms with Gasteiger partial charge in [0.25, 0.3) is 0 Å². The van der Waals surface area contributed by atoms with E-state index in [1.807, 2.05) is 0 Å². The van der Waals surface area contributed by atoms with Crippen LogP contribution in [0.5, 0.6) is 0 Å². The Bertz CT molecular complexity index is 278. The Morgan fingerprint density at radius 1 is 1.67 bits per heavy atom. The number of hydrogen-bond donors (Lipinski definition) is 2. The highest BCUT2D eigenvalue weighted by Crippen LogP contribution is 2.28. The quantitative estimate of drug-likeness (QED) is 0.710. The van der Waals surface area contributed by atoms with Crippen LogP contribution in [0.25, 0.3) is 0 Å². The third-order valence-corrected chi connectivity index (χ3v) is 3.29. The van der Waals surface area contributed by atoms with Crippen LogP contribution in [0.2, 0.25) is 0 Å². The molecule has 1 rings (SSSR count). The summed E-state index contributed by atoms with van der Waals surface area (Å²) in [6.07, 6.45) is 0.477. The van der Waals surface area contributed by atoms with Crippen LogP contribution in [0.3, 0.4) is 0 Å². The zero-order valence-corrected chi connectivity index (χ0v) is 9.96. The van der Waals surface area contributed by atoms with Crippen molar-refractivity contribution in [3.8, 4) is 0 Å². The average Bonchev–Trinajstić information content (AvgIpc) is 2.45. The summed E-state index contributed by atoms with van der Waals surface area (Å²) in [5.41, 5.74) is -0.597. The monoisotopic (exact) mass is 231 g/mol. The molecule has 1 aliphatic heterocycles. The molecule has 1 atom stereocenters. The molecule has 0 aromatic heterocycles. The van der Waals surface area contributed by atoms with Gasteiger partial charge in [-0.2, -0.15) is 12.6 Å². The maximum absolute atomic E-state index is 11.7. The zero-order chi connectivity index (χ0) is 11.6. The minimum Gasteiger partial charge on any atom is -0.481 e. The molecule has 0 aromatic rings. The molecule has 1 fully saturated rings. The Labute approximate surface area is 95.1 Å². The van der Waals surface area contributed by atoms with Gasteiger partial charge in [-0.3, -0.25) is 9.59 Å². The van der Waals surface area contributed by atoms with Crippen molar-refractivity contribution in [2.24, 2.45) is 5.92 Å². The molecule has 1 amide bonds. The molecule has 0 aromatic carbocycles. The van der Waals surface area contributed by atoms with Gasteiger partial charge in [0.05, 0.1) is 6.42 Å². The summed E-state index contributed by atoms with van der Waals surface area (Å²) in [4.78, 5) is 24.0. The first-order valence-corrected chi connectivity index (χ1v) is 5.63. The van der Waals surface area contributed by atoms with Crippen LogP contribution in [0.1, 0.15) is 26.7 Å². The molecule has 0 spiro atoms. The maximum Gasteiger partial charge on any atom is 0.305 e. The van der Waals surface area contributed by atoms with E-state index < -0.39 is 11.5 Å². The van der Waals surface area contributed by atoms with Gasteiger partial charge < -0.3 is 10.0 Å². The number of nitrogens with zero attached hydrogens (tertiary/aromatic N) is 1. The fourth-order valence-electron chi connectivity index (χ4n) is 1.95. The molecule has 0 bridgehead atoms. The van der Waals surface area contributed by atoms with Crippen molar-refractivity contribution in [2.45, 2.75) is 32.2 Å². The van der Waals surface area contributed by atoms with Crippen LogP contribution >= 0.6 is 12.6 Å². The van der Waals surface area contributed by atoms with E-state index >= 15 is 0 Å². The van der Waals surface area contributed by atoms with E-state index in [0.717, 1.165) is 0 Å². The lowest BCUT2D eigenvalue weighted by molar-refractivity contribution is -0.142. The molecule has 15 heavy (non-hydrogen) atoms. The van der Waals surface area contributed by atoms with Gasteiger partial charge in [-0.1, -0.05) is 0 Å². The van der Waals surface area contributed by atoms with Crippen molar-refractivity contribution < 1.29 is 14.7 Å². The molecule has 1 unspecified atom stereocenters. The first-order valence-electron chi connectivity index (χ1n) is 5.00. The molecule has 0 saturated carbocycles. The molecule has 1 aliphatic rings. The lowest BCUT2D eigenvalue weighted by Gasteiger charge is -2.34. The van der Waals surface area contributed by atoms with E-state index in [-0.39, 0.29) is 18.2 Å². The number of carboxylic acids is 1. The fourth-order valence-corrected chi connectivity index (χ4v) is 2.20. The van der Waals surface area contributed by atoms with E-state index in [1.165, 1.54) is 0 Å². The van der Waals surface area contributed by atoms with Crippen LogP contribution in [0, 0.1) is 5.92 Å². The molecule has 0 radical (unpaired) electrons. The van der Waals surface area contributed by atoms with Crippen LogP contribution < -0.4 is 0 Å². The number of likely N-dealkylation sites (tertiary alicyclic amines) is 1. The van der Waals surface area contributed by atoms with E-state index in [0.29, 0.717) is 18.7 Å². The van der Waals surface area contributed by atoms with Crippen molar-refractivity contribution in [3.05, 3.63) is 0 Å². The molecule has 1 heterocycles. The molecule has 86 valence electrons. The van der Waals surface area contributed by atoms with E-state index in [4.69, 9.17) is 5.11 Å². The van der Waals surface area contributed by atoms with Gasteiger partial charge in [-0.05, 0) is 25.5 Å². The first-order chi connectivity index (χ1) is 6.86. The summed E-state index contributed by atoms with van der Waals surface area (Å²) in [7, 11) is 0. The zero-order valence-electron chi connectivity index (χ0n) is 9.06. The Kier molecular flexibility index (Phi) is 3.65. The first kappa shape index (κ1) is 12.4. The second-order valence-corrected chi connectivity index (χ2v) is 5.01. The molecule has 1 saturated heterocycles. The molecule has 5 heteroatoms. The smallest absolute Gasteiger partial charge is 0.305 e. The third-order valence-electron chi connectivity index (χ3n) is 2.78. The van der Waals surface area contributed by atoms with Crippen molar-refractivity contribution in [3.63, 3.8) is 0 Å². The van der Waals surface area contributed by atoms with Crippen LogP contribution in [-0.2, 0) is 9.59 Å². The minimum absolute atomic E-state index is 0.0158. The van der Waals surface area contributed by atoms with Crippen molar-refractivity contribution in [1.82, 2.24) is 4.90 Å². The molecule has 0 aliphatic carbocycles. The maximum atomic E-state index is 11.7. The molecular weight excluding hydrogens is 214 g/mol. The summed E-state index contributed by atoms with van der Waals surface area (Å²) in [5, 5.41) is 8.77. The topological polar surface area (TPSA) is 57.6 Å². The lowest BCUT2D eigenvalue weighted by atomic mass is 9.98. The summed E-state index contributed by atoms with van der Waals surface area (Å²) >= 11 is 4.17. The number of rotatable bonds is 4. The summed E-state index contributed by atoms with van der Waals surface area (Å²) in [6.45, 7) is 4.21. The highest BCUT2D eigenvalue weighted by molar-refractivity contribution is 7.80. The van der Waals surface area contributed by atoms with Crippen LogP contribution in [0.4, 0.5) is 0 Å². The third kappa shape index (κ3) is 2.87. The Morgan fingerprint density at radius 2 is 2.27 bits per heavy atom. The number of carboxylic acid groups (broad SMARTS) is 1. The summed E-state index contributed by atoms with van der Waals surface area (Å²) < 4.78 is 0. The van der Waals surface area contributed by atoms with E-state index in [9.17, 15) is 9.59 Å². The lowest BCUT2D eigenvalue weighted by Crippen LogP contribution is -2.46. The number of carbonyl (C=O) groups excluding carboxylic acids is 1. The molecule has 1 N–H and O–H groups in total. The summed E-state index contributed by atoms with van der Waals surface area (Å²) in [5.74, 6) is 0.0992. The second kappa shape index (κ2) is 4.43. The van der Waals surface area contributed by atoms with Gasteiger partial charge in [0.1, 0.15) is 0 Å². The highest BCUT2D eigenvalue weighted by atomic mass is 32.1. The van der Waals surface area contributed by atoms with Gasteiger partial charge in [-0.25, -0.2) is 0 Å². The van der Waals surface area contributed by atoms with Gasteiger partial charge in [-0.15, -0.1) is 0 Å². The normalized spacial score (nSPS) is 22.2. The Hall–Kier alpha value is -0.710. The van der Waals surface area contributed by atoms with Crippen LogP contribution in [-0.4, -0.2) is 39.7 Å². The Morgan fingerprint density at radius 3 is 2.67 bits per heavy atom. The van der Waals surface area contributed by atoms with Gasteiger partial charge >= 0.3 is 5.97 Å². The van der Waals surface area contributed by atoms with Crippen molar-refractivity contribution in [1.29, 1.82) is 0 Å². The number of amides is 1. The number of aliphatic carboxylic acids is 1. The summed E-state index contributed by atoms with van der Waals surface area (Å²) in [6, 6.07) is 0. The van der Waals surface area contributed by atoms with Gasteiger partial charge in [0.15, 0.2) is 0 Å². The Balaban J connectivity index is 2.71. The van der Waals surface area contributed by atoms with E-state index in [2.05, 4.69) is 12.6 Å². The molecular formula is C10H17NO3S. The largest absolute Gasteiger partial charge is 0.481 e. The SMILES string of the molecule is CC(C)(CC(=O)O)N1CC(CS)CC1=O. The predicted molar refractivity (Wildman–Crippen MR) is 60.0 cm³/mol. The van der Waals surface area contributed by atoms with Crippen molar-refractivity contribution in [2.75, 3.05) is 12.3 Å². The number of thiol groups is 1. The average molecular weight is 231 g/mol. The van der Waals surface area contributed by atoms with Crippen molar-refractivity contribution >= 4 is 24.5 Å². The van der Waals surface area contributed by atoms with Crippen LogP contribution in [0.15, 0.2) is 0 Å².